The van der Waals surface area contributed by atoms with Crippen molar-refractivity contribution < 1.29 is 9.59 Å². The molecule has 2 aromatic carbocycles. The molecule has 31 heavy (non-hydrogen) atoms. The van der Waals surface area contributed by atoms with Gasteiger partial charge in [-0.15, -0.1) is 0 Å². The maximum absolute atomic E-state index is 13.4. The number of carbonyl (C=O) groups is 2. The molecule has 0 atom stereocenters. The number of aryl methyl sites for hydroxylation is 1. The van der Waals surface area contributed by atoms with E-state index in [-0.39, 0.29) is 17.9 Å². The third-order valence-corrected chi connectivity index (χ3v) is 6.40. The number of carbonyl (C=O) groups excluding carboxylic acids is 2. The summed E-state index contributed by atoms with van der Waals surface area (Å²) < 4.78 is 0. The Balaban J connectivity index is 1.41. The molecule has 0 saturated carbocycles. The first-order valence-electron chi connectivity index (χ1n) is 11.2. The minimum Gasteiger partial charge on any atom is -0.371 e. The molecule has 0 unspecified atom stereocenters. The number of nitrogens with zero attached hydrogens (tertiary/aromatic N) is 3. The van der Waals surface area contributed by atoms with Gasteiger partial charge in [-0.3, -0.25) is 9.59 Å². The van der Waals surface area contributed by atoms with E-state index in [1.807, 2.05) is 23.1 Å². The van der Waals surface area contributed by atoms with Crippen molar-refractivity contribution in [3.05, 3.63) is 59.7 Å². The lowest BCUT2D eigenvalue weighted by atomic mass is 10.0. The molecule has 0 aliphatic carbocycles. The van der Waals surface area contributed by atoms with Crippen LogP contribution in [0.2, 0.25) is 0 Å². The van der Waals surface area contributed by atoms with Gasteiger partial charge >= 0.3 is 0 Å². The quantitative estimate of drug-likeness (QED) is 0.826. The van der Waals surface area contributed by atoms with Crippen molar-refractivity contribution >= 4 is 23.2 Å². The Hall–Kier alpha value is -3.02. The molecule has 0 radical (unpaired) electrons. The SMILES string of the molecule is CC(=O)NC1CCN(c2ccccc2C(=O)N2CCN(c3ccccc3C)CC2)CC1. The fraction of sp³-hybridized carbons (Fsp3) is 0.440. The van der Waals surface area contributed by atoms with Gasteiger partial charge in [0.1, 0.15) is 0 Å². The highest BCUT2D eigenvalue weighted by molar-refractivity contribution is 6.00. The van der Waals surface area contributed by atoms with E-state index in [1.165, 1.54) is 11.3 Å². The first-order chi connectivity index (χ1) is 15.0. The molecule has 2 aliphatic rings. The third-order valence-electron chi connectivity index (χ3n) is 6.40. The summed E-state index contributed by atoms with van der Waals surface area (Å²) in [6, 6.07) is 16.6. The van der Waals surface area contributed by atoms with Crippen LogP contribution in [0.4, 0.5) is 11.4 Å². The minimum atomic E-state index is 0.0267. The van der Waals surface area contributed by atoms with Gasteiger partial charge in [-0.2, -0.15) is 0 Å². The van der Waals surface area contributed by atoms with E-state index in [1.54, 1.807) is 6.92 Å². The second-order valence-corrected chi connectivity index (χ2v) is 8.54. The van der Waals surface area contributed by atoms with Crippen LogP contribution in [0, 0.1) is 6.92 Å². The van der Waals surface area contributed by atoms with E-state index in [0.29, 0.717) is 0 Å². The molecule has 6 heteroatoms. The van der Waals surface area contributed by atoms with E-state index < -0.39 is 0 Å². The van der Waals surface area contributed by atoms with Crippen molar-refractivity contribution in [3.8, 4) is 0 Å². The molecule has 0 aromatic heterocycles. The average molecular weight is 421 g/mol. The molecule has 2 heterocycles. The van der Waals surface area contributed by atoms with Crippen LogP contribution in [0.15, 0.2) is 48.5 Å². The van der Waals surface area contributed by atoms with Crippen LogP contribution in [0.5, 0.6) is 0 Å². The Bertz CT molecular complexity index is 929. The van der Waals surface area contributed by atoms with Crippen LogP contribution in [-0.4, -0.2) is 62.0 Å². The number of anilines is 2. The van der Waals surface area contributed by atoms with Crippen molar-refractivity contribution in [1.29, 1.82) is 0 Å². The van der Waals surface area contributed by atoms with Crippen molar-refractivity contribution in [1.82, 2.24) is 10.2 Å². The molecule has 2 saturated heterocycles. The molecule has 2 aliphatic heterocycles. The van der Waals surface area contributed by atoms with Gasteiger partial charge in [0.25, 0.3) is 5.91 Å². The van der Waals surface area contributed by atoms with Gasteiger partial charge in [0.2, 0.25) is 5.91 Å². The van der Waals surface area contributed by atoms with Gasteiger partial charge in [-0.05, 0) is 43.5 Å². The van der Waals surface area contributed by atoms with Crippen LogP contribution in [0.1, 0.15) is 35.7 Å². The van der Waals surface area contributed by atoms with Gasteiger partial charge in [0, 0.05) is 63.6 Å². The normalized spacial score (nSPS) is 17.5. The van der Waals surface area contributed by atoms with E-state index in [9.17, 15) is 9.59 Å². The summed E-state index contributed by atoms with van der Waals surface area (Å²) in [4.78, 5) is 31.4. The fourth-order valence-electron chi connectivity index (χ4n) is 4.72. The lowest BCUT2D eigenvalue weighted by molar-refractivity contribution is -0.119. The number of piperidine rings is 1. The summed E-state index contributed by atoms with van der Waals surface area (Å²) in [6.07, 6.45) is 1.80. The van der Waals surface area contributed by atoms with Crippen molar-refractivity contribution in [2.75, 3.05) is 49.1 Å². The molecule has 164 valence electrons. The standard InChI is InChI=1S/C25H32N4O2/c1-19-7-3-5-9-23(19)28-15-17-29(18-16-28)25(31)22-8-4-6-10-24(22)27-13-11-21(12-14-27)26-20(2)30/h3-10,21H,11-18H2,1-2H3,(H,26,30). The summed E-state index contributed by atoms with van der Waals surface area (Å²) in [5.74, 6) is 0.142. The zero-order chi connectivity index (χ0) is 21.8. The van der Waals surface area contributed by atoms with Crippen molar-refractivity contribution in [2.45, 2.75) is 32.7 Å². The largest absolute Gasteiger partial charge is 0.371 e. The molecule has 2 amide bonds. The van der Waals surface area contributed by atoms with Crippen LogP contribution in [0.3, 0.4) is 0 Å². The van der Waals surface area contributed by atoms with Crippen molar-refractivity contribution in [2.24, 2.45) is 0 Å². The molecular weight excluding hydrogens is 388 g/mol. The second-order valence-electron chi connectivity index (χ2n) is 8.54. The molecule has 4 rings (SSSR count). The van der Waals surface area contributed by atoms with Crippen LogP contribution < -0.4 is 15.1 Å². The summed E-state index contributed by atoms with van der Waals surface area (Å²) in [7, 11) is 0. The van der Waals surface area contributed by atoms with E-state index in [4.69, 9.17) is 0 Å². The summed E-state index contributed by atoms with van der Waals surface area (Å²) in [5, 5.41) is 3.02. The monoisotopic (exact) mass is 420 g/mol. The molecule has 1 N–H and O–H groups in total. The van der Waals surface area contributed by atoms with Crippen LogP contribution >= 0.6 is 0 Å². The third kappa shape index (κ3) is 4.84. The first kappa shape index (κ1) is 21.2. The zero-order valence-corrected chi connectivity index (χ0v) is 18.5. The summed E-state index contributed by atoms with van der Waals surface area (Å²) in [5.41, 5.74) is 4.33. The highest BCUT2D eigenvalue weighted by atomic mass is 16.2. The highest BCUT2D eigenvalue weighted by Gasteiger charge is 2.27. The Kier molecular flexibility index (Phi) is 6.44. The Morgan fingerprint density at radius 1 is 0.806 bits per heavy atom. The predicted molar refractivity (Wildman–Crippen MR) is 125 cm³/mol. The Labute approximate surface area is 184 Å². The smallest absolute Gasteiger partial charge is 0.256 e. The van der Waals surface area contributed by atoms with E-state index in [0.717, 1.165) is 63.4 Å². The molecule has 0 bridgehead atoms. The molecule has 0 spiro atoms. The maximum atomic E-state index is 13.4. The molecular formula is C25H32N4O2. The first-order valence-corrected chi connectivity index (χ1v) is 11.2. The van der Waals surface area contributed by atoms with Gasteiger partial charge in [0.15, 0.2) is 0 Å². The number of para-hydroxylation sites is 2. The number of hydrogen-bond donors (Lipinski definition) is 1. The number of hydrogen-bond acceptors (Lipinski definition) is 4. The van der Waals surface area contributed by atoms with Crippen molar-refractivity contribution in [3.63, 3.8) is 0 Å². The predicted octanol–water partition coefficient (Wildman–Crippen LogP) is 3.06. The number of amides is 2. The van der Waals surface area contributed by atoms with E-state index >= 15 is 0 Å². The van der Waals surface area contributed by atoms with Gasteiger partial charge in [-0.25, -0.2) is 0 Å². The molecule has 2 fully saturated rings. The highest BCUT2D eigenvalue weighted by Crippen LogP contribution is 2.27. The van der Waals surface area contributed by atoms with Gasteiger partial charge in [0.05, 0.1) is 5.56 Å². The lowest BCUT2D eigenvalue weighted by Crippen LogP contribution is -2.49. The summed E-state index contributed by atoms with van der Waals surface area (Å²) in [6.45, 7) is 8.55. The molecule has 2 aromatic rings. The Morgan fingerprint density at radius 3 is 2.03 bits per heavy atom. The average Bonchev–Trinajstić information content (AvgIpc) is 2.79. The fourth-order valence-corrected chi connectivity index (χ4v) is 4.72. The number of piperazine rings is 1. The van der Waals surface area contributed by atoms with E-state index in [2.05, 4.69) is 52.4 Å². The number of benzene rings is 2. The lowest BCUT2D eigenvalue weighted by Gasteiger charge is -2.38. The topological polar surface area (TPSA) is 55.9 Å². The zero-order valence-electron chi connectivity index (χ0n) is 18.5. The minimum absolute atomic E-state index is 0.0267. The van der Waals surface area contributed by atoms with Crippen LogP contribution in [0.25, 0.3) is 0 Å². The van der Waals surface area contributed by atoms with Gasteiger partial charge < -0.3 is 20.0 Å². The maximum Gasteiger partial charge on any atom is 0.256 e. The Morgan fingerprint density at radius 2 is 1.39 bits per heavy atom. The number of nitrogens with one attached hydrogen (secondary N) is 1. The summed E-state index contributed by atoms with van der Waals surface area (Å²) >= 11 is 0. The second kappa shape index (κ2) is 9.41. The van der Waals surface area contributed by atoms with Crippen LogP contribution in [-0.2, 0) is 4.79 Å². The van der Waals surface area contributed by atoms with Gasteiger partial charge in [-0.1, -0.05) is 30.3 Å². The molecule has 6 nitrogen and oxygen atoms in total. The number of rotatable bonds is 4.